The van der Waals surface area contributed by atoms with Crippen LogP contribution in [0.15, 0.2) is 48.5 Å². The number of benzene rings is 2. The van der Waals surface area contributed by atoms with Crippen molar-refractivity contribution in [3.63, 3.8) is 0 Å². The van der Waals surface area contributed by atoms with Gasteiger partial charge < -0.3 is 15.3 Å². The van der Waals surface area contributed by atoms with E-state index in [1.165, 1.54) is 0 Å². The molecule has 1 amide bonds. The molecule has 0 aliphatic carbocycles. The van der Waals surface area contributed by atoms with Crippen molar-refractivity contribution < 1.29 is 9.90 Å². The fourth-order valence-electron chi connectivity index (χ4n) is 3.93. The van der Waals surface area contributed by atoms with Crippen LogP contribution >= 0.6 is 23.2 Å². The molecule has 1 aliphatic rings. The Kier molecular flexibility index (Phi) is 6.87. The Morgan fingerprint density at radius 2 is 1.81 bits per heavy atom. The molecule has 1 saturated heterocycles. The summed E-state index contributed by atoms with van der Waals surface area (Å²) in [5.41, 5.74) is 4.09. The number of carbonyl (C=O) groups excluding carboxylic acids is 1. The van der Waals surface area contributed by atoms with Crippen LogP contribution in [0, 0.1) is 6.92 Å². The SMILES string of the molecule is Cc1ccc(O)c(-c2cc(-c3cc(Cl)cc(Cl)c3)cc(NCCCN3CCCC3=O)n2)c1. The Hall–Kier alpha value is -2.76. The monoisotopic (exact) mass is 469 g/mol. The first-order valence-corrected chi connectivity index (χ1v) is 11.4. The highest BCUT2D eigenvalue weighted by molar-refractivity contribution is 6.35. The van der Waals surface area contributed by atoms with E-state index in [2.05, 4.69) is 5.32 Å². The molecule has 1 fully saturated rings. The minimum absolute atomic E-state index is 0.169. The number of hydrogen-bond donors (Lipinski definition) is 2. The summed E-state index contributed by atoms with van der Waals surface area (Å²) in [6, 6.07) is 14.7. The Labute approximate surface area is 198 Å². The third kappa shape index (κ3) is 5.34. The third-order valence-corrected chi connectivity index (χ3v) is 5.97. The van der Waals surface area contributed by atoms with E-state index in [0.717, 1.165) is 42.6 Å². The van der Waals surface area contributed by atoms with Crippen molar-refractivity contribution in [1.82, 2.24) is 9.88 Å². The molecule has 166 valence electrons. The second kappa shape index (κ2) is 9.80. The van der Waals surface area contributed by atoms with Gasteiger partial charge in [-0.05, 0) is 73.4 Å². The number of rotatable bonds is 7. The number of phenolic OH excluding ortho intramolecular Hbond substituents is 1. The van der Waals surface area contributed by atoms with Crippen LogP contribution in [-0.2, 0) is 4.79 Å². The molecule has 2 N–H and O–H groups in total. The molecule has 0 saturated carbocycles. The molecule has 32 heavy (non-hydrogen) atoms. The van der Waals surface area contributed by atoms with Crippen molar-refractivity contribution in [1.29, 1.82) is 0 Å². The Balaban J connectivity index is 1.62. The van der Waals surface area contributed by atoms with Gasteiger partial charge in [0.05, 0.1) is 5.69 Å². The summed E-state index contributed by atoms with van der Waals surface area (Å²) in [4.78, 5) is 18.5. The minimum Gasteiger partial charge on any atom is -0.507 e. The van der Waals surface area contributed by atoms with E-state index in [1.54, 1.807) is 12.1 Å². The topological polar surface area (TPSA) is 65.5 Å². The fraction of sp³-hybridized carbons (Fsp3) is 0.280. The quantitative estimate of drug-likeness (QED) is 0.406. The van der Waals surface area contributed by atoms with E-state index >= 15 is 0 Å². The van der Waals surface area contributed by atoms with Crippen LogP contribution in [0.4, 0.5) is 5.82 Å². The van der Waals surface area contributed by atoms with Gasteiger partial charge in [-0.2, -0.15) is 0 Å². The number of aromatic hydroxyl groups is 1. The van der Waals surface area contributed by atoms with Crippen LogP contribution in [0.3, 0.4) is 0 Å². The molecule has 1 aromatic heterocycles. The molecule has 0 radical (unpaired) electrons. The number of aryl methyl sites for hydroxylation is 1. The number of phenols is 1. The normalized spacial score (nSPS) is 13.6. The lowest BCUT2D eigenvalue weighted by Gasteiger charge is -2.16. The van der Waals surface area contributed by atoms with Crippen molar-refractivity contribution in [2.24, 2.45) is 0 Å². The number of amides is 1. The molecule has 0 unspecified atom stereocenters. The lowest BCUT2D eigenvalue weighted by Crippen LogP contribution is -2.27. The van der Waals surface area contributed by atoms with Gasteiger partial charge in [-0.15, -0.1) is 0 Å². The van der Waals surface area contributed by atoms with Gasteiger partial charge >= 0.3 is 0 Å². The maximum Gasteiger partial charge on any atom is 0.222 e. The van der Waals surface area contributed by atoms with Crippen LogP contribution in [-0.4, -0.2) is 40.5 Å². The zero-order chi connectivity index (χ0) is 22.7. The fourth-order valence-corrected chi connectivity index (χ4v) is 4.45. The summed E-state index contributed by atoms with van der Waals surface area (Å²) in [7, 11) is 0. The molecule has 0 spiro atoms. The predicted molar refractivity (Wildman–Crippen MR) is 130 cm³/mol. The van der Waals surface area contributed by atoms with Gasteiger partial charge in [-0.1, -0.05) is 34.8 Å². The van der Waals surface area contributed by atoms with Crippen molar-refractivity contribution >= 4 is 34.9 Å². The van der Waals surface area contributed by atoms with Crippen LogP contribution in [0.2, 0.25) is 10.0 Å². The van der Waals surface area contributed by atoms with Crippen molar-refractivity contribution in [2.75, 3.05) is 25.0 Å². The molecular formula is C25H25Cl2N3O2. The molecule has 2 aromatic carbocycles. The second-order valence-electron chi connectivity index (χ2n) is 8.07. The van der Waals surface area contributed by atoms with Crippen LogP contribution in [0.25, 0.3) is 22.4 Å². The summed E-state index contributed by atoms with van der Waals surface area (Å²) in [5, 5.41) is 14.9. The molecule has 0 bridgehead atoms. The van der Waals surface area contributed by atoms with E-state index in [-0.39, 0.29) is 11.7 Å². The van der Waals surface area contributed by atoms with E-state index < -0.39 is 0 Å². The number of nitrogens with one attached hydrogen (secondary N) is 1. The average Bonchev–Trinajstić information content (AvgIpc) is 3.16. The maximum atomic E-state index is 11.8. The third-order valence-electron chi connectivity index (χ3n) is 5.53. The Bertz CT molecular complexity index is 1130. The lowest BCUT2D eigenvalue weighted by atomic mass is 10.0. The van der Waals surface area contributed by atoms with Gasteiger partial charge in [-0.25, -0.2) is 4.98 Å². The summed E-state index contributed by atoms with van der Waals surface area (Å²) >= 11 is 12.5. The summed E-state index contributed by atoms with van der Waals surface area (Å²) in [5.74, 6) is 1.09. The highest BCUT2D eigenvalue weighted by atomic mass is 35.5. The maximum absolute atomic E-state index is 11.8. The van der Waals surface area contributed by atoms with Gasteiger partial charge in [0, 0.05) is 41.7 Å². The van der Waals surface area contributed by atoms with Crippen LogP contribution < -0.4 is 5.32 Å². The van der Waals surface area contributed by atoms with Gasteiger partial charge in [0.2, 0.25) is 5.91 Å². The Morgan fingerprint density at radius 1 is 1.06 bits per heavy atom. The molecule has 4 rings (SSSR count). The lowest BCUT2D eigenvalue weighted by molar-refractivity contribution is -0.127. The first-order valence-electron chi connectivity index (χ1n) is 10.7. The van der Waals surface area contributed by atoms with Crippen molar-refractivity contribution in [3.8, 4) is 28.1 Å². The number of carbonyl (C=O) groups is 1. The number of anilines is 1. The molecule has 5 nitrogen and oxygen atoms in total. The van der Waals surface area contributed by atoms with Crippen molar-refractivity contribution in [2.45, 2.75) is 26.2 Å². The summed E-state index contributed by atoms with van der Waals surface area (Å²) < 4.78 is 0. The molecule has 1 aliphatic heterocycles. The number of hydrogen-bond acceptors (Lipinski definition) is 4. The Morgan fingerprint density at radius 3 is 2.53 bits per heavy atom. The second-order valence-corrected chi connectivity index (χ2v) is 8.94. The molecule has 2 heterocycles. The van der Waals surface area contributed by atoms with Gasteiger partial charge in [-0.3, -0.25) is 4.79 Å². The zero-order valence-electron chi connectivity index (χ0n) is 17.9. The average molecular weight is 470 g/mol. The number of halogens is 2. The summed E-state index contributed by atoms with van der Waals surface area (Å²) in [6.45, 7) is 4.23. The highest BCUT2D eigenvalue weighted by Gasteiger charge is 2.19. The largest absolute Gasteiger partial charge is 0.507 e. The highest BCUT2D eigenvalue weighted by Crippen LogP contribution is 2.34. The number of aromatic nitrogens is 1. The van der Waals surface area contributed by atoms with E-state index in [0.29, 0.717) is 40.1 Å². The van der Waals surface area contributed by atoms with Crippen LogP contribution in [0.1, 0.15) is 24.8 Å². The van der Waals surface area contributed by atoms with E-state index in [4.69, 9.17) is 28.2 Å². The predicted octanol–water partition coefficient (Wildman–Crippen LogP) is 6.16. The molecule has 0 atom stereocenters. The number of pyridine rings is 1. The first kappa shape index (κ1) is 22.4. The molecular weight excluding hydrogens is 445 g/mol. The zero-order valence-corrected chi connectivity index (χ0v) is 19.4. The van der Waals surface area contributed by atoms with Crippen LogP contribution in [0.5, 0.6) is 5.75 Å². The van der Waals surface area contributed by atoms with E-state index in [1.807, 2.05) is 48.2 Å². The van der Waals surface area contributed by atoms with Gasteiger partial charge in [0.15, 0.2) is 0 Å². The molecule has 7 heteroatoms. The van der Waals surface area contributed by atoms with Gasteiger partial charge in [0.1, 0.15) is 11.6 Å². The van der Waals surface area contributed by atoms with Crippen molar-refractivity contribution in [3.05, 3.63) is 64.1 Å². The molecule has 3 aromatic rings. The number of nitrogens with zero attached hydrogens (tertiary/aromatic N) is 2. The number of likely N-dealkylation sites (tertiary alicyclic amines) is 1. The van der Waals surface area contributed by atoms with E-state index in [9.17, 15) is 9.90 Å². The standard InChI is InChI=1S/C25H25Cl2N3O2/c1-16-5-6-23(31)21(10-16)22-13-18(17-11-19(26)15-20(27)12-17)14-24(29-22)28-7-3-9-30-8-2-4-25(30)32/h5-6,10-15,31H,2-4,7-9H2,1H3,(H,28,29). The van der Waals surface area contributed by atoms with Gasteiger partial charge in [0.25, 0.3) is 0 Å². The smallest absolute Gasteiger partial charge is 0.222 e. The minimum atomic E-state index is 0.169. The first-order chi connectivity index (χ1) is 15.4. The summed E-state index contributed by atoms with van der Waals surface area (Å²) in [6.07, 6.45) is 2.43.